The van der Waals surface area contributed by atoms with Gasteiger partial charge in [-0.25, -0.2) is 4.79 Å². The van der Waals surface area contributed by atoms with E-state index in [0.29, 0.717) is 18.0 Å². The smallest absolute Gasteiger partial charge is 0.419 e. The lowest BCUT2D eigenvalue weighted by atomic mass is 9.96. The second-order valence-electron chi connectivity index (χ2n) is 8.49. The minimum absolute atomic E-state index is 0.0643. The SMILES string of the molecule is COC(=O)[C@@H]1C=C[C@@H](Cc2cn(C(=O)OC(C)(C)C)c3ccc(Cl)c(Br)c23)N(C)C1. The molecule has 1 aromatic carbocycles. The Hall–Kier alpha value is -1.83. The lowest BCUT2D eigenvalue weighted by molar-refractivity contribution is -0.144. The van der Waals surface area contributed by atoms with Crippen LogP contribution in [0.2, 0.25) is 5.02 Å². The summed E-state index contributed by atoms with van der Waals surface area (Å²) >= 11 is 9.93. The largest absolute Gasteiger partial charge is 0.469 e. The third kappa shape index (κ3) is 4.74. The van der Waals surface area contributed by atoms with Crippen molar-refractivity contribution in [3.8, 4) is 0 Å². The van der Waals surface area contributed by atoms with Crippen LogP contribution < -0.4 is 0 Å². The van der Waals surface area contributed by atoms with Gasteiger partial charge in [0.2, 0.25) is 0 Å². The number of aromatic nitrogens is 1. The Labute approximate surface area is 189 Å². The molecular weight excluding hydrogens is 472 g/mol. The van der Waals surface area contributed by atoms with E-state index in [9.17, 15) is 9.59 Å². The highest BCUT2D eigenvalue weighted by atomic mass is 79.9. The number of ether oxygens (including phenoxy) is 2. The highest BCUT2D eigenvalue weighted by Crippen LogP contribution is 2.36. The number of hydrogen-bond acceptors (Lipinski definition) is 5. The maximum atomic E-state index is 12.8. The van der Waals surface area contributed by atoms with Crippen molar-refractivity contribution in [1.29, 1.82) is 0 Å². The van der Waals surface area contributed by atoms with Gasteiger partial charge in [-0.3, -0.25) is 14.3 Å². The highest BCUT2D eigenvalue weighted by molar-refractivity contribution is 9.10. The standard InChI is InChI=1S/C22H26BrClN2O4/c1-22(2,3)30-21(28)26-12-14(18-17(26)9-8-16(24)19(18)23)10-15-7-6-13(11-25(15)4)20(27)29-5/h6-9,12-13,15H,10-11H2,1-5H3/t13-,15+/m1/s1. The molecule has 1 aliphatic rings. The van der Waals surface area contributed by atoms with Gasteiger partial charge in [-0.2, -0.15) is 0 Å². The van der Waals surface area contributed by atoms with Crippen molar-refractivity contribution in [1.82, 2.24) is 9.47 Å². The number of benzene rings is 1. The van der Waals surface area contributed by atoms with E-state index in [2.05, 4.69) is 20.8 Å². The third-order valence-corrected chi connectivity index (χ3v) is 6.44. The Balaban J connectivity index is 1.99. The zero-order valence-corrected chi connectivity index (χ0v) is 20.1. The molecule has 2 aromatic rings. The molecule has 0 N–H and O–H groups in total. The Kier molecular flexibility index (Phi) is 6.65. The van der Waals surface area contributed by atoms with Crippen LogP contribution >= 0.6 is 27.5 Å². The van der Waals surface area contributed by atoms with Gasteiger partial charge in [0.25, 0.3) is 0 Å². The van der Waals surface area contributed by atoms with E-state index in [1.54, 1.807) is 6.07 Å². The summed E-state index contributed by atoms with van der Waals surface area (Å²) in [6, 6.07) is 3.64. The van der Waals surface area contributed by atoms with E-state index in [0.717, 1.165) is 20.9 Å². The van der Waals surface area contributed by atoms with Crippen LogP contribution in [0.1, 0.15) is 26.3 Å². The van der Waals surface area contributed by atoms with Crippen molar-refractivity contribution in [3.63, 3.8) is 0 Å². The number of methoxy groups -OCH3 is 1. The van der Waals surface area contributed by atoms with Crippen LogP contribution in [0.3, 0.4) is 0 Å². The zero-order valence-electron chi connectivity index (χ0n) is 17.7. The van der Waals surface area contributed by atoms with Crippen molar-refractivity contribution in [2.45, 2.75) is 38.8 Å². The molecule has 0 amide bonds. The first kappa shape index (κ1) is 22.8. The molecular formula is C22H26BrClN2O4. The van der Waals surface area contributed by atoms with Crippen LogP contribution in [0.4, 0.5) is 4.79 Å². The van der Waals surface area contributed by atoms with Crippen LogP contribution in [0.15, 0.2) is 35.0 Å². The predicted molar refractivity (Wildman–Crippen MR) is 121 cm³/mol. The number of esters is 1. The Morgan fingerprint density at radius 2 is 1.97 bits per heavy atom. The minimum Gasteiger partial charge on any atom is -0.469 e. The van der Waals surface area contributed by atoms with E-state index >= 15 is 0 Å². The molecule has 30 heavy (non-hydrogen) atoms. The fourth-order valence-electron chi connectivity index (χ4n) is 3.62. The van der Waals surface area contributed by atoms with Gasteiger partial charge in [0.1, 0.15) is 5.60 Å². The molecule has 0 bridgehead atoms. The highest BCUT2D eigenvalue weighted by Gasteiger charge is 2.28. The van der Waals surface area contributed by atoms with Crippen molar-refractivity contribution >= 4 is 50.5 Å². The summed E-state index contributed by atoms with van der Waals surface area (Å²) < 4.78 is 12.7. The number of carbonyl (C=O) groups excluding carboxylic acids is 2. The summed E-state index contributed by atoms with van der Waals surface area (Å²) in [7, 11) is 3.37. The van der Waals surface area contributed by atoms with Gasteiger partial charge in [-0.1, -0.05) is 23.8 Å². The lowest BCUT2D eigenvalue weighted by Crippen LogP contribution is -2.41. The molecule has 6 nitrogen and oxygen atoms in total. The summed E-state index contributed by atoms with van der Waals surface area (Å²) in [5.41, 5.74) is 1.08. The van der Waals surface area contributed by atoms with Crippen LogP contribution in [-0.2, 0) is 20.7 Å². The summed E-state index contributed by atoms with van der Waals surface area (Å²) in [5.74, 6) is -0.520. The average Bonchev–Trinajstić information content (AvgIpc) is 3.03. The maximum Gasteiger partial charge on any atom is 0.419 e. The van der Waals surface area contributed by atoms with Crippen molar-refractivity contribution in [2.75, 3.05) is 20.7 Å². The molecule has 3 rings (SSSR count). The third-order valence-electron chi connectivity index (χ3n) is 5.08. The molecule has 8 heteroatoms. The molecule has 1 aliphatic heterocycles. The van der Waals surface area contributed by atoms with Gasteiger partial charge >= 0.3 is 12.1 Å². The lowest BCUT2D eigenvalue weighted by Gasteiger charge is -2.31. The Morgan fingerprint density at radius 3 is 2.57 bits per heavy atom. The van der Waals surface area contributed by atoms with Gasteiger partial charge in [-0.05, 0) is 67.9 Å². The molecule has 0 radical (unpaired) electrons. The van der Waals surface area contributed by atoms with Gasteiger partial charge in [-0.15, -0.1) is 0 Å². The number of halogens is 2. The molecule has 162 valence electrons. The molecule has 2 atom stereocenters. The number of hydrogen-bond donors (Lipinski definition) is 0. The van der Waals surface area contributed by atoms with Crippen molar-refractivity contribution < 1.29 is 19.1 Å². The number of rotatable bonds is 3. The second kappa shape index (κ2) is 8.73. The second-order valence-corrected chi connectivity index (χ2v) is 9.69. The summed E-state index contributed by atoms with van der Waals surface area (Å²) in [5, 5.41) is 1.45. The van der Waals surface area contributed by atoms with Crippen LogP contribution in [0.5, 0.6) is 0 Å². The number of likely N-dealkylation sites (N-methyl/N-ethyl adjacent to an activating group) is 1. The van der Waals surface area contributed by atoms with Crippen molar-refractivity contribution in [3.05, 3.63) is 45.5 Å². The fourth-order valence-corrected chi connectivity index (χ4v) is 4.37. The van der Waals surface area contributed by atoms with E-state index in [1.165, 1.54) is 11.7 Å². The summed E-state index contributed by atoms with van der Waals surface area (Å²) in [4.78, 5) is 26.8. The molecule has 1 aromatic heterocycles. The van der Waals surface area contributed by atoms with E-state index in [-0.39, 0.29) is 17.9 Å². The number of fused-ring (bicyclic) bond motifs is 1. The first-order valence-corrected chi connectivity index (χ1v) is 10.9. The van der Waals surface area contributed by atoms with Crippen LogP contribution in [-0.4, -0.2) is 53.9 Å². The molecule has 0 fully saturated rings. The molecule has 0 saturated heterocycles. The average molecular weight is 498 g/mol. The molecule has 2 heterocycles. The van der Waals surface area contributed by atoms with Crippen LogP contribution in [0.25, 0.3) is 10.9 Å². The molecule has 0 saturated carbocycles. The summed E-state index contributed by atoms with van der Waals surface area (Å²) in [6.07, 6.45) is 5.93. The topological polar surface area (TPSA) is 60.8 Å². The first-order chi connectivity index (χ1) is 14.0. The summed E-state index contributed by atoms with van der Waals surface area (Å²) in [6.45, 7) is 6.08. The molecule has 0 spiro atoms. The Morgan fingerprint density at radius 1 is 1.27 bits per heavy atom. The first-order valence-electron chi connectivity index (χ1n) is 9.69. The van der Waals surface area contributed by atoms with Crippen molar-refractivity contribution in [2.24, 2.45) is 5.92 Å². The van der Waals surface area contributed by atoms with E-state index < -0.39 is 11.7 Å². The van der Waals surface area contributed by atoms with E-state index in [1.807, 2.05) is 52.2 Å². The fraction of sp³-hybridized carbons (Fsp3) is 0.455. The quantitative estimate of drug-likeness (QED) is 0.439. The minimum atomic E-state index is -0.604. The maximum absolute atomic E-state index is 12.8. The van der Waals surface area contributed by atoms with E-state index in [4.69, 9.17) is 21.1 Å². The van der Waals surface area contributed by atoms with Gasteiger partial charge in [0, 0.05) is 28.6 Å². The predicted octanol–water partition coefficient (Wildman–Crippen LogP) is 5.04. The van der Waals surface area contributed by atoms with Crippen LogP contribution in [0, 0.1) is 5.92 Å². The monoisotopic (exact) mass is 496 g/mol. The van der Waals surface area contributed by atoms with Gasteiger partial charge in [0.05, 0.1) is 23.6 Å². The normalized spacial score (nSPS) is 19.8. The van der Waals surface area contributed by atoms with Gasteiger partial charge < -0.3 is 9.47 Å². The molecule has 0 aliphatic carbocycles. The number of carbonyl (C=O) groups is 2. The number of nitrogens with zero attached hydrogens (tertiary/aromatic N) is 2. The van der Waals surface area contributed by atoms with Gasteiger partial charge in [0.15, 0.2) is 0 Å². The zero-order chi connectivity index (χ0) is 22.2. The molecule has 0 unspecified atom stereocenters. The Bertz CT molecular complexity index is 1010.